The molecule has 0 aliphatic carbocycles. The van der Waals surface area contributed by atoms with Gasteiger partial charge in [-0.25, -0.2) is 4.98 Å². The summed E-state index contributed by atoms with van der Waals surface area (Å²) in [6.07, 6.45) is 1.05. The molecule has 0 spiro atoms. The van der Waals surface area contributed by atoms with Crippen LogP contribution in [0.4, 0.5) is 0 Å². The van der Waals surface area contributed by atoms with Gasteiger partial charge in [0.1, 0.15) is 5.69 Å². The molecule has 2 aromatic rings. The lowest BCUT2D eigenvalue weighted by Gasteiger charge is -2.34. The molecule has 0 atom stereocenters. The zero-order valence-corrected chi connectivity index (χ0v) is 14.3. The highest BCUT2D eigenvalue weighted by atomic mass is 16.2. The number of carbonyl (C=O) groups excluding carboxylic acids is 2. The maximum absolute atomic E-state index is 12.4. The molecule has 3 rings (SSSR count). The Morgan fingerprint density at radius 3 is 2.40 bits per heavy atom. The van der Waals surface area contributed by atoms with Crippen molar-refractivity contribution < 1.29 is 9.59 Å². The van der Waals surface area contributed by atoms with Gasteiger partial charge in [-0.1, -0.05) is 19.1 Å². The molecule has 25 heavy (non-hydrogen) atoms. The van der Waals surface area contributed by atoms with Gasteiger partial charge in [0.2, 0.25) is 11.8 Å². The predicted molar refractivity (Wildman–Crippen MR) is 94.1 cm³/mol. The number of rotatable bonds is 4. The van der Waals surface area contributed by atoms with E-state index in [1.165, 1.54) is 0 Å². The number of hydrogen-bond donors (Lipinski definition) is 1. The molecule has 0 saturated carbocycles. The van der Waals surface area contributed by atoms with E-state index in [4.69, 9.17) is 0 Å². The average Bonchev–Trinajstić information content (AvgIpc) is 2.65. The quantitative estimate of drug-likeness (QED) is 0.896. The first-order chi connectivity index (χ1) is 12.1. The number of aromatic nitrogens is 2. The van der Waals surface area contributed by atoms with E-state index in [2.05, 4.69) is 9.97 Å². The van der Waals surface area contributed by atoms with Crippen molar-refractivity contribution in [3.63, 3.8) is 0 Å². The van der Waals surface area contributed by atoms with Gasteiger partial charge in [0.15, 0.2) is 0 Å². The molecule has 7 nitrogen and oxygen atoms in total. The van der Waals surface area contributed by atoms with Crippen LogP contribution >= 0.6 is 0 Å². The summed E-state index contributed by atoms with van der Waals surface area (Å²) in [5.74, 6) is 0.122. The number of aromatic amines is 1. The molecule has 2 heterocycles. The maximum Gasteiger partial charge on any atom is 0.270 e. The molecule has 0 unspecified atom stereocenters. The summed E-state index contributed by atoms with van der Waals surface area (Å²) in [6.45, 7) is 4.09. The Balaban J connectivity index is 1.59. The molecule has 1 aromatic carbocycles. The Morgan fingerprint density at radius 1 is 1.08 bits per heavy atom. The van der Waals surface area contributed by atoms with Gasteiger partial charge in [-0.3, -0.25) is 14.4 Å². The second-order valence-corrected chi connectivity index (χ2v) is 6.14. The van der Waals surface area contributed by atoms with Crippen LogP contribution in [0.5, 0.6) is 0 Å². The van der Waals surface area contributed by atoms with E-state index < -0.39 is 0 Å². The fraction of sp³-hybridized carbons (Fsp3) is 0.444. The number of H-pyrrole nitrogens is 1. The molecule has 1 aliphatic rings. The Morgan fingerprint density at radius 2 is 1.72 bits per heavy atom. The van der Waals surface area contributed by atoms with Crippen LogP contribution in [0.1, 0.15) is 25.5 Å². The summed E-state index contributed by atoms with van der Waals surface area (Å²) in [4.78, 5) is 46.9. The van der Waals surface area contributed by atoms with Crippen molar-refractivity contribution in [3.8, 4) is 0 Å². The first-order valence-electron chi connectivity index (χ1n) is 8.62. The molecule has 132 valence electrons. The van der Waals surface area contributed by atoms with E-state index >= 15 is 0 Å². The van der Waals surface area contributed by atoms with Crippen LogP contribution in [-0.2, 0) is 16.0 Å². The van der Waals surface area contributed by atoms with Gasteiger partial charge in [-0.15, -0.1) is 0 Å². The number of nitrogens with one attached hydrogen (secondary N) is 1. The zero-order chi connectivity index (χ0) is 17.8. The first-order valence-corrected chi connectivity index (χ1v) is 8.62. The van der Waals surface area contributed by atoms with Crippen LogP contribution < -0.4 is 5.56 Å². The van der Waals surface area contributed by atoms with Gasteiger partial charge < -0.3 is 14.8 Å². The lowest BCUT2D eigenvalue weighted by molar-refractivity contribution is -0.139. The topological polar surface area (TPSA) is 86.4 Å². The molecule has 0 bridgehead atoms. The highest BCUT2D eigenvalue weighted by molar-refractivity contribution is 5.78. The molecule has 1 saturated heterocycles. The smallest absolute Gasteiger partial charge is 0.270 e. The van der Waals surface area contributed by atoms with Crippen LogP contribution in [0.15, 0.2) is 29.1 Å². The number of fused-ring (bicyclic) bond motifs is 1. The zero-order valence-electron chi connectivity index (χ0n) is 14.3. The van der Waals surface area contributed by atoms with Gasteiger partial charge in [0.05, 0.1) is 11.0 Å². The lowest BCUT2D eigenvalue weighted by Crippen LogP contribution is -2.50. The Bertz CT molecular complexity index is 838. The fourth-order valence-corrected chi connectivity index (χ4v) is 3.05. The van der Waals surface area contributed by atoms with Gasteiger partial charge in [-0.05, 0) is 12.1 Å². The molecular weight excluding hydrogens is 320 g/mol. The van der Waals surface area contributed by atoms with Crippen molar-refractivity contribution in [2.24, 2.45) is 0 Å². The molecule has 1 aromatic heterocycles. The maximum atomic E-state index is 12.4. The third kappa shape index (κ3) is 3.87. The molecule has 7 heteroatoms. The van der Waals surface area contributed by atoms with E-state index in [1.807, 2.05) is 25.1 Å². The summed E-state index contributed by atoms with van der Waals surface area (Å²) in [7, 11) is 0. The number of aryl methyl sites for hydroxylation is 1. The number of carbonyl (C=O) groups is 2. The number of hydrogen-bond acceptors (Lipinski definition) is 4. The average molecular weight is 342 g/mol. The monoisotopic (exact) mass is 342 g/mol. The lowest BCUT2D eigenvalue weighted by atomic mass is 10.2. The normalized spacial score (nSPS) is 14.8. The van der Waals surface area contributed by atoms with Crippen LogP contribution in [0.3, 0.4) is 0 Å². The van der Waals surface area contributed by atoms with Crippen molar-refractivity contribution in [2.75, 3.05) is 26.2 Å². The van der Waals surface area contributed by atoms with Crippen LogP contribution in [0.25, 0.3) is 11.0 Å². The third-order valence-electron chi connectivity index (χ3n) is 4.53. The Labute approximate surface area is 145 Å². The number of benzene rings is 1. The van der Waals surface area contributed by atoms with E-state index in [1.54, 1.807) is 15.9 Å². The van der Waals surface area contributed by atoms with Crippen LogP contribution in [0.2, 0.25) is 0 Å². The molecule has 2 amide bonds. The number of piperazine rings is 1. The van der Waals surface area contributed by atoms with Crippen LogP contribution in [0, 0.1) is 0 Å². The SMILES string of the molecule is CCC(=O)N1CCN(C(=O)CCc2nc3ccccc3[nH]c2=O)CC1. The summed E-state index contributed by atoms with van der Waals surface area (Å²) in [6, 6.07) is 7.34. The van der Waals surface area contributed by atoms with Gasteiger partial charge >= 0.3 is 0 Å². The minimum atomic E-state index is -0.245. The number of amides is 2. The van der Waals surface area contributed by atoms with E-state index in [0.29, 0.717) is 50.2 Å². The standard InChI is InChI=1S/C18H22N4O3/c1-2-16(23)21-9-11-22(12-10-21)17(24)8-7-15-18(25)20-14-6-4-3-5-13(14)19-15/h3-6H,2,7-12H2,1H3,(H,20,25). The first kappa shape index (κ1) is 17.1. The molecule has 1 fully saturated rings. The Kier molecular flexibility index (Phi) is 5.11. The fourth-order valence-electron chi connectivity index (χ4n) is 3.05. The van der Waals surface area contributed by atoms with Crippen molar-refractivity contribution in [3.05, 3.63) is 40.3 Å². The van der Waals surface area contributed by atoms with Gasteiger partial charge in [0.25, 0.3) is 5.56 Å². The number of nitrogens with zero attached hydrogens (tertiary/aromatic N) is 3. The molecular formula is C18H22N4O3. The van der Waals surface area contributed by atoms with Crippen molar-refractivity contribution in [1.82, 2.24) is 19.8 Å². The van der Waals surface area contributed by atoms with E-state index in [0.717, 1.165) is 5.52 Å². The van der Waals surface area contributed by atoms with Crippen molar-refractivity contribution >= 4 is 22.8 Å². The van der Waals surface area contributed by atoms with Gasteiger partial charge in [-0.2, -0.15) is 0 Å². The van der Waals surface area contributed by atoms with Gasteiger partial charge in [0, 0.05) is 45.4 Å². The minimum Gasteiger partial charge on any atom is -0.339 e. The van der Waals surface area contributed by atoms with Crippen molar-refractivity contribution in [2.45, 2.75) is 26.2 Å². The number of para-hydroxylation sites is 2. The van der Waals surface area contributed by atoms with Crippen molar-refractivity contribution in [1.29, 1.82) is 0 Å². The second kappa shape index (κ2) is 7.46. The Hall–Kier alpha value is -2.70. The summed E-state index contributed by atoms with van der Waals surface area (Å²) >= 11 is 0. The van der Waals surface area contributed by atoms with E-state index in [-0.39, 0.29) is 23.8 Å². The molecule has 1 aliphatic heterocycles. The molecule has 0 radical (unpaired) electrons. The minimum absolute atomic E-state index is 0.00189. The second-order valence-electron chi connectivity index (χ2n) is 6.14. The summed E-state index contributed by atoms with van der Waals surface area (Å²) < 4.78 is 0. The third-order valence-corrected chi connectivity index (χ3v) is 4.53. The largest absolute Gasteiger partial charge is 0.339 e. The van der Waals surface area contributed by atoms with E-state index in [9.17, 15) is 14.4 Å². The summed E-state index contributed by atoms with van der Waals surface area (Å²) in [5, 5.41) is 0. The predicted octanol–water partition coefficient (Wildman–Crippen LogP) is 0.936. The highest BCUT2D eigenvalue weighted by Gasteiger charge is 2.23. The summed E-state index contributed by atoms with van der Waals surface area (Å²) in [5.41, 5.74) is 1.55. The highest BCUT2D eigenvalue weighted by Crippen LogP contribution is 2.09. The molecule has 1 N–H and O–H groups in total. The van der Waals surface area contributed by atoms with Crippen LogP contribution in [-0.4, -0.2) is 57.8 Å².